The van der Waals surface area contributed by atoms with Gasteiger partial charge in [-0.1, -0.05) is 13.8 Å². The number of rotatable bonds is 4. The molecular weight excluding hydrogens is 286 g/mol. The number of aromatic nitrogens is 1. The van der Waals surface area contributed by atoms with Gasteiger partial charge in [-0.25, -0.2) is 4.98 Å². The standard InChI is InChI=1S/C15H23N3O2S/c1-6-15(7-2)13(20)18(10(3)11(19)17-15)14(4,5)12-16-8-9-21-12/h8-10H,6-7H2,1-5H3,(H,17,19). The molecule has 1 aromatic rings. The quantitative estimate of drug-likeness (QED) is 0.928. The van der Waals surface area contributed by atoms with Crippen LogP contribution in [0.3, 0.4) is 0 Å². The number of carbonyl (C=O) groups excluding carboxylic acids is 2. The van der Waals surface area contributed by atoms with Gasteiger partial charge in [-0.15, -0.1) is 11.3 Å². The van der Waals surface area contributed by atoms with E-state index in [0.29, 0.717) is 12.8 Å². The second-order valence-corrected chi connectivity index (χ2v) is 6.92. The Balaban J connectivity index is 2.49. The third-order valence-electron chi connectivity index (χ3n) is 4.52. The van der Waals surface area contributed by atoms with Crippen LogP contribution in [-0.4, -0.2) is 33.3 Å². The molecule has 1 fully saturated rings. The van der Waals surface area contributed by atoms with E-state index in [1.54, 1.807) is 18.0 Å². The van der Waals surface area contributed by atoms with E-state index >= 15 is 0 Å². The number of hydrogen-bond donors (Lipinski definition) is 1. The fraction of sp³-hybridized carbons (Fsp3) is 0.667. The Kier molecular flexibility index (Phi) is 4.10. The molecule has 1 unspecified atom stereocenters. The van der Waals surface area contributed by atoms with Crippen molar-refractivity contribution < 1.29 is 9.59 Å². The highest BCUT2D eigenvalue weighted by Gasteiger charge is 2.52. The monoisotopic (exact) mass is 309 g/mol. The third kappa shape index (κ3) is 2.35. The topological polar surface area (TPSA) is 62.3 Å². The maximum absolute atomic E-state index is 13.1. The average Bonchev–Trinajstić information content (AvgIpc) is 2.98. The van der Waals surface area contributed by atoms with Gasteiger partial charge >= 0.3 is 0 Å². The predicted molar refractivity (Wildman–Crippen MR) is 82.9 cm³/mol. The summed E-state index contributed by atoms with van der Waals surface area (Å²) >= 11 is 1.51. The summed E-state index contributed by atoms with van der Waals surface area (Å²) in [4.78, 5) is 31.5. The normalized spacial score (nSPS) is 22.3. The number of piperazine rings is 1. The van der Waals surface area contributed by atoms with Crippen molar-refractivity contribution >= 4 is 23.2 Å². The van der Waals surface area contributed by atoms with Gasteiger partial charge < -0.3 is 10.2 Å². The molecule has 0 spiro atoms. The molecule has 1 saturated heterocycles. The molecule has 1 atom stereocenters. The van der Waals surface area contributed by atoms with Crippen molar-refractivity contribution in [1.82, 2.24) is 15.2 Å². The zero-order valence-electron chi connectivity index (χ0n) is 13.3. The maximum atomic E-state index is 13.1. The van der Waals surface area contributed by atoms with Crippen molar-refractivity contribution in [1.29, 1.82) is 0 Å². The first-order valence-corrected chi connectivity index (χ1v) is 8.24. The van der Waals surface area contributed by atoms with Gasteiger partial charge in [0.25, 0.3) is 0 Å². The van der Waals surface area contributed by atoms with Gasteiger partial charge in [0.2, 0.25) is 11.8 Å². The summed E-state index contributed by atoms with van der Waals surface area (Å²) in [5.41, 5.74) is -1.39. The van der Waals surface area contributed by atoms with Gasteiger partial charge in [0.15, 0.2) is 0 Å². The van der Waals surface area contributed by atoms with E-state index in [0.717, 1.165) is 5.01 Å². The van der Waals surface area contributed by atoms with Crippen molar-refractivity contribution in [2.24, 2.45) is 0 Å². The van der Waals surface area contributed by atoms with Gasteiger partial charge in [0.1, 0.15) is 16.6 Å². The first-order valence-electron chi connectivity index (χ1n) is 7.36. The lowest BCUT2D eigenvalue weighted by molar-refractivity contribution is -0.162. The fourth-order valence-corrected chi connectivity index (χ4v) is 3.77. The van der Waals surface area contributed by atoms with E-state index in [1.165, 1.54) is 11.3 Å². The number of carbonyl (C=O) groups is 2. The first kappa shape index (κ1) is 15.9. The lowest BCUT2D eigenvalue weighted by Crippen LogP contribution is -2.72. The highest BCUT2D eigenvalue weighted by atomic mass is 32.1. The molecular formula is C15H23N3O2S. The Morgan fingerprint density at radius 1 is 1.38 bits per heavy atom. The lowest BCUT2D eigenvalue weighted by Gasteiger charge is -2.50. The summed E-state index contributed by atoms with van der Waals surface area (Å²) in [5, 5.41) is 5.67. The number of thiazole rings is 1. The SMILES string of the molecule is CCC1(CC)NC(=O)C(C)N(C(C)(C)c2nccs2)C1=O. The fourth-order valence-electron chi connectivity index (χ4n) is 3.01. The van der Waals surface area contributed by atoms with Gasteiger partial charge in [0.05, 0.1) is 5.54 Å². The molecule has 6 heteroatoms. The Morgan fingerprint density at radius 3 is 2.48 bits per heavy atom. The Bertz CT molecular complexity index is 535. The zero-order valence-corrected chi connectivity index (χ0v) is 14.1. The molecule has 2 heterocycles. The molecule has 1 aromatic heterocycles. The van der Waals surface area contributed by atoms with Crippen LogP contribution >= 0.6 is 11.3 Å². The van der Waals surface area contributed by atoms with Crippen molar-refractivity contribution in [3.8, 4) is 0 Å². The van der Waals surface area contributed by atoms with E-state index in [4.69, 9.17) is 0 Å². The zero-order chi connectivity index (χ0) is 15.8. The van der Waals surface area contributed by atoms with E-state index in [2.05, 4.69) is 10.3 Å². The van der Waals surface area contributed by atoms with Crippen LogP contribution in [0.5, 0.6) is 0 Å². The molecule has 116 valence electrons. The summed E-state index contributed by atoms with van der Waals surface area (Å²) in [6.07, 6.45) is 2.91. The van der Waals surface area contributed by atoms with E-state index in [9.17, 15) is 9.59 Å². The molecule has 2 amide bonds. The lowest BCUT2D eigenvalue weighted by atomic mass is 9.84. The number of amides is 2. The van der Waals surface area contributed by atoms with Crippen LogP contribution in [0, 0.1) is 0 Å². The maximum Gasteiger partial charge on any atom is 0.249 e. The molecule has 1 aliphatic rings. The number of nitrogens with zero attached hydrogens (tertiary/aromatic N) is 2. The number of nitrogens with one attached hydrogen (secondary N) is 1. The van der Waals surface area contributed by atoms with Crippen molar-refractivity contribution in [3.05, 3.63) is 16.6 Å². The van der Waals surface area contributed by atoms with Gasteiger partial charge in [-0.3, -0.25) is 9.59 Å². The molecule has 1 aliphatic heterocycles. The predicted octanol–water partition coefficient (Wildman–Crippen LogP) is 2.28. The minimum absolute atomic E-state index is 0.0141. The molecule has 5 nitrogen and oxygen atoms in total. The highest BCUT2D eigenvalue weighted by molar-refractivity contribution is 7.09. The summed E-state index contributed by atoms with van der Waals surface area (Å²) in [6.45, 7) is 9.56. The minimum atomic E-state index is -0.794. The van der Waals surface area contributed by atoms with Crippen LogP contribution in [0.25, 0.3) is 0 Å². The second-order valence-electron chi connectivity index (χ2n) is 6.03. The summed E-state index contributed by atoms with van der Waals surface area (Å²) in [5.74, 6) is -0.109. The summed E-state index contributed by atoms with van der Waals surface area (Å²) in [6, 6.07) is -0.498. The molecule has 0 saturated carbocycles. The number of hydrogen-bond acceptors (Lipinski definition) is 4. The van der Waals surface area contributed by atoms with E-state index in [-0.39, 0.29) is 11.8 Å². The van der Waals surface area contributed by atoms with Gasteiger partial charge in [-0.2, -0.15) is 0 Å². The Morgan fingerprint density at radius 2 is 2.00 bits per heavy atom. The molecule has 1 N–H and O–H groups in total. The molecule has 21 heavy (non-hydrogen) atoms. The Hall–Kier alpha value is -1.43. The molecule has 2 rings (SSSR count). The van der Waals surface area contributed by atoms with Gasteiger partial charge in [-0.05, 0) is 33.6 Å². The van der Waals surface area contributed by atoms with Crippen LogP contribution in [-0.2, 0) is 15.1 Å². The van der Waals surface area contributed by atoms with E-state index in [1.807, 2.05) is 33.1 Å². The molecule has 0 bridgehead atoms. The summed E-state index contributed by atoms with van der Waals surface area (Å²) in [7, 11) is 0. The third-order valence-corrected chi connectivity index (χ3v) is 5.61. The van der Waals surface area contributed by atoms with Crippen molar-refractivity contribution in [2.45, 2.75) is 64.6 Å². The van der Waals surface area contributed by atoms with Crippen LogP contribution < -0.4 is 5.32 Å². The van der Waals surface area contributed by atoms with Gasteiger partial charge in [0, 0.05) is 11.6 Å². The van der Waals surface area contributed by atoms with Crippen LogP contribution in [0.15, 0.2) is 11.6 Å². The molecule has 0 radical (unpaired) electrons. The van der Waals surface area contributed by atoms with Crippen molar-refractivity contribution in [3.63, 3.8) is 0 Å². The molecule has 0 aromatic carbocycles. The second kappa shape index (κ2) is 5.40. The minimum Gasteiger partial charge on any atom is -0.340 e. The van der Waals surface area contributed by atoms with Crippen LogP contribution in [0.4, 0.5) is 0 Å². The molecule has 0 aliphatic carbocycles. The Labute approximate surface area is 129 Å². The van der Waals surface area contributed by atoms with E-state index < -0.39 is 17.1 Å². The largest absolute Gasteiger partial charge is 0.340 e. The van der Waals surface area contributed by atoms with Crippen LogP contribution in [0.2, 0.25) is 0 Å². The first-order chi connectivity index (χ1) is 9.80. The van der Waals surface area contributed by atoms with Crippen molar-refractivity contribution in [2.75, 3.05) is 0 Å². The average molecular weight is 309 g/mol. The summed E-state index contributed by atoms with van der Waals surface area (Å²) < 4.78 is 0. The van der Waals surface area contributed by atoms with Crippen LogP contribution in [0.1, 0.15) is 52.5 Å². The smallest absolute Gasteiger partial charge is 0.249 e. The highest BCUT2D eigenvalue weighted by Crippen LogP contribution is 2.36.